The first-order valence-electron chi connectivity index (χ1n) is 6.02. The predicted octanol–water partition coefficient (Wildman–Crippen LogP) is 1.21. The molecule has 3 N–H and O–H groups in total. The summed E-state index contributed by atoms with van der Waals surface area (Å²) in [7, 11) is 0. The summed E-state index contributed by atoms with van der Waals surface area (Å²) in [4.78, 5) is 18.0. The van der Waals surface area contributed by atoms with Gasteiger partial charge in [0.05, 0.1) is 16.7 Å². The van der Waals surface area contributed by atoms with E-state index in [1.165, 1.54) is 0 Å². The van der Waals surface area contributed by atoms with E-state index in [2.05, 4.69) is 31.1 Å². The van der Waals surface area contributed by atoms with Gasteiger partial charge in [0.15, 0.2) is 0 Å². The van der Waals surface area contributed by atoms with Crippen molar-refractivity contribution in [1.82, 2.24) is 9.88 Å². The molecule has 0 atom stereocenters. The zero-order valence-corrected chi connectivity index (χ0v) is 11.7. The van der Waals surface area contributed by atoms with Crippen molar-refractivity contribution in [2.24, 2.45) is 5.73 Å². The minimum Gasteiger partial charge on any atom is -0.328 e. The number of aromatic nitrogens is 1. The third-order valence-corrected chi connectivity index (χ3v) is 3.68. The molecular weight excluding hydrogens is 296 g/mol. The largest absolute Gasteiger partial charge is 0.328 e. The van der Waals surface area contributed by atoms with Crippen molar-refractivity contribution < 1.29 is 4.79 Å². The molecule has 1 fully saturated rings. The Morgan fingerprint density at radius 2 is 2.28 bits per heavy atom. The number of carbonyl (C=O) groups excluding carboxylic acids is 1. The van der Waals surface area contributed by atoms with Crippen molar-refractivity contribution in [3.05, 3.63) is 22.9 Å². The highest BCUT2D eigenvalue weighted by molar-refractivity contribution is 9.10. The van der Waals surface area contributed by atoms with Crippen LogP contribution in [-0.2, 0) is 4.79 Å². The fraction of sp³-hybridized carbons (Fsp3) is 0.500. The molecule has 1 amide bonds. The minimum absolute atomic E-state index is 0.00243. The molecular formula is C12H17BrN4O. The van der Waals surface area contributed by atoms with Gasteiger partial charge in [-0.05, 0) is 34.8 Å². The van der Waals surface area contributed by atoms with Crippen LogP contribution < -0.4 is 11.1 Å². The summed E-state index contributed by atoms with van der Waals surface area (Å²) in [5.74, 6) is -0.00243. The Morgan fingerprint density at radius 3 is 2.94 bits per heavy atom. The second-order valence-electron chi connectivity index (χ2n) is 4.52. The van der Waals surface area contributed by atoms with Gasteiger partial charge in [-0.25, -0.2) is 0 Å². The van der Waals surface area contributed by atoms with Crippen LogP contribution in [0.2, 0.25) is 0 Å². The third-order valence-electron chi connectivity index (χ3n) is 3.05. The Labute approximate surface area is 115 Å². The molecule has 2 rings (SSSR count). The van der Waals surface area contributed by atoms with Gasteiger partial charge in [0.1, 0.15) is 0 Å². The van der Waals surface area contributed by atoms with Crippen molar-refractivity contribution >= 4 is 27.5 Å². The van der Waals surface area contributed by atoms with Crippen molar-refractivity contribution in [2.45, 2.75) is 18.9 Å². The lowest BCUT2D eigenvalue weighted by molar-refractivity contribution is -0.117. The Morgan fingerprint density at radius 1 is 1.56 bits per heavy atom. The average molecular weight is 313 g/mol. The molecule has 5 nitrogen and oxygen atoms in total. The number of rotatable bonds is 3. The zero-order valence-electron chi connectivity index (χ0n) is 10.1. The van der Waals surface area contributed by atoms with Gasteiger partial charge in [-0.15, -0.1) is 0 Å². The summed E-state index contributed by atoms with van der Waals surface area (Å²) in [6.07, 6.45) is 5.24. The number of nitrogens with one attached hydrogen (secondary N) is 1. The van der Waals surface area contributed by atoms with Crippen LogP contribution in [0.15, 0.2) is 22.9 Å². The highest BCUT2D eigenvalue weighted by atomic mass is 79.9. The van der Waals surface area contributed by atoms with E-state index in [-0.39, 0.29) is 5.91 Å². The maximum absolute atomic E-state index is 11.9. The van der Waals surface area contributed by atoms with E-state index in [1.807, 2.05) is 0 Å². The first kappa shape index (κ1) is 13.5. The van der Waals surface area contributed by atoms with Crippen LogP contribution in [0.5, 0.6) is 0 Å². The van der Waals surface area contributed by atoms with Gasteiger partial charge in [0.25, 0.3) is 0 Å². The third kappa shape index (κ3) is 3.76. The van der Waals surface area contributed by atoms with Gasteiger partial charge >= 0.3 is 0 Å². The Hall–Kier alpha value is -0.980. The van der Waals surface area contributed by atoms with Crippen LogP contribution >= 0.6 is 15.9 Å². The van der Waals surface area contributed by atoms with Crippen molar-refractivity contribution in [3.8, 4) is 0 Å². The lowest BCUT2D eigenvalue weighted by Gasteiger charge is -2.29. The van der Waals surface area contributed by atoms with E-state index in [4.69, 9.17) is 5.73 Å². The number of nitrogens with two attached hydrogens (primary N) is 1. The molecule has 1 aliphatic heterocycles. The fourth-order valence-electron chi connectivity index (χ4n) is 1.98. The van der Waals surface area contributed by atoms with Crippen LogP contribution in [0, 0.1) is 0 Å². The van der Waals surface area contributed by atoms with Crippen LogP contribution in [0.1, 0.15) is 12.8 Å². The molecule has 2 heterocycles. The van der Waals surface area contributed by atoms with Gasteiger partial charge in [-0.2, -0.15) is 0 Å². The first-order chi connectivity index (χ1) is 8.65. The predicted molar refractivity (Wildman–Crippen MR) is 74.2 cm³/mol. The standard InChI is InChI=1S/C12H17BrN4O/c13-10-7-15-4-1-11(10)16-12(18)8-17-5-2-9(14)3-6-17/h1,4,7,9H,2-3,5-6,8,14H2,(H,15,16,18). The van der Waals surface area contributed by atoms with Gasteiger partial charge in [-0.3, -0.25) is 14.7 Å². The maximum Gasteiger partial charge on any atom is 0.238 e. The number of nitrogens with zero attached hydrogens (tertiary/aromatic N) is 2. The van der Waals surface area contributed by atoms with Crippen LogP contribution in [0.25, 0.3) is 0 Å². The highest BCUT2D eigenvalue weighted by Crippen LogP contribution is 2.19. The van der Waals surface area contributed by atoms with E-state index in [9.17, 15) is 4.79 Å². The topological polar surface area (TPSA) is 71.2 Å². The number of carbonyl (C=O) groups is 1. The Kier molecular flexibility index (Phi) is 4.68. The number of piperidine rings is 1. The molecule has 1 aromatic heterocycles. The first-order valence-corrected chi connectivity index (χ1v) is 6.82. The molecule has 0 aromatic carbocycles. The summed E-state index contributed by atoms with van der Waals surface area (Å²) in [6.45, 7) is 2.21. The van der Waals surface area contributed by atoms with Crippen LogP contribution in [-0.4, -0.2) is 41.5 Å². The van der Waals surface area contributed by atoms with Gasteiger partial charge in [0.2, 0.25) is 5.91 Å². The molecule has 0 saturated carbocycles. The number of halogens is 1. The number of hydrogen-bond acceptors (Lipinski definition) is 4. The van der Waals surface area contributed by atoms with E-state index < -0.39 is 0 Å². The van der Waals surface area contributed by atoms with Crippen LogP contribution in [0.3, 0.4) is 0 Å². The average Bonchev–Trinajstić information content (AvgIpc) is 2.35. The smallest absolute Gasteiger partial charge is 0.238 e. The molecule has 0 unspecified atom stereocenters. The SMILES string of the molecule is NC1CCN(CC(=O)Nc2ccncc2Br)CC1. The molecule has 0 aliphatic carbocycles. The molecule has 6 heteroatoms. The van der Waals surface area contributed by atoms with Crippen LogP contribution in [0.4, 0.5) is 5.69 Å². The number of hydrogen-bond donors (Lipinski definition) is 2. The number of anilines is 1. The van der Waals surface area contributed by atoms with Crippen molar-refractivity contribution in [2.75, 3.05) is 25.0 Å². The van der Waals surface area contributed by atoms with Gasteiger partial charge < -0.3 is 11.1 Å². The molecule has 0 radical (unpaired) electrons. The summed E-state index contributed by atoms with van der Waals surface area (Å²) < 4.78 is 0.791. The number of likely N-dealkylation sites (tertiary alicyclic amines) is 1. The summed E-state index contributed by atoms with van der Waals surface area (Å²) in [6, 6.07) is 2.06. The van der Waals surface area contributed by atoms with E-state index in [0.29, 0.717) is 12.6 Å². The van der Waals surface area contributed by atoms with E-state index >= 15 is 0 Å². The van der Waals surface area contributed by atoms with E-state index in [0.717, 1.165) is 36.1 Å². The molecule has 1 aromatic rings. The Bertz CT molecular complexity index is 418. The minimum atomic E-state index is -0.00243. The lowest BCUT2D eigenvalue weighted by Crippen LogP contribution is -2.43. The summed E-state index contributed by atoms with van der Waals surface area (Å²) >= 11 is 3.35. The molecule has 98 valence electrons. The van der Waals surface area contributed by atoms with Crippen molar-refractivity contribution in [3.63, 3.8) is 0 Å². The molecule has 0 spiro atoms. The lowest BCUT2D eigenvalue weighted by atomic mass is 10.1. The monoisotopic (exact) mass is 312 g/mol. The summed E-state index contributed by atoms with van der Waals surface area (Å²) in [5, 5.41) is 2.87. The maximum atomic E-state index is 11.9. The molecule has 1 saturated heterocycles. The molecule has 1 aliphatic rings. The molecule has 0 bridgehead atoms. The normalized spacial score (nSPS) is 17.7. The zero-order chi connectivity index (χ0) is 13.0. The Balaban J connectivity index is 1.84. The second-order valence-corrected chi connectivity index (χ2v) is 5.37. The molecule has 18 heavy (non-hydrogen) atoms. The quantitative estimate of drug-likeness (QED) is 0.880. The van der Waals surface area contributed by atoms with Crippen molar-refractivity contribution in [1.29, 1.82) is 0 Å². The second kappa shape index (κ2) is 6.26. The highest BCUT2D eigenvalue weighted by Gasteiger charge is 2.18. The fourth-order valence-corrected chi connectivity index (χ4v) is 2.33. The van der Waals surface area contributed by atoms with Gasteiger partial charge in [-0.1, -0.05) is 0 Å². The van der Waals surface area contributed by atoms with Gasteiger partial charge in [0, 0.05) is 31.5 Å². The number of amides is 1. The number of pyridine rings is 1. The summed E-state index contributed by atoms with van der Waals surface area (Å²) in [5.41, 5.74) is 6.58. The van der Waals surface area contributed by atoms with E-state index in [1.54, 1.807) is 18.5 Å².